The van der Waals surface area contributed by atoms with Gasteiger partial charge in [0.25, 0.3) is 0 Å². The molecule has 2 atom stereocenters. The smallest absolute Gasteiger partial charge is 0.220 e. The summed E-state index contributed by atoms with van der Waals surface area (Å²) in [4.78, 5) is 11.8. The van der Waals surface area contributed by atoms with Crippen molar-refractivity contribution in [2.45, 2.75) is 25.8 Å². The zero-order valence-corrected chi connectivity index (χ0v) is 10.6. The van der Waals surface area contributed by atoms with Gasteiger partial charge in [0.15, 0.2) is 0 Å². The van der Waals surface area contributed by atoms with Crippen molar-refractivity contribution >= 4 is 5.91 Å². The fourth-order valence-corrected chi connectivity index (χ4v) is 2.36. The predicted molar refractivity (Wildman–Crippen MR) is 68.6 cm³/mol. The first-order valence-electron chi connectivity index (χ1n) is 6.41. The van der Waals surface area contributed by atoms with Crippen LogP contribution in [0.5, 0.6) is 0 Å². The van der Waals surface area contributed by atoms with E-state index in [0.29, 0.717) is 17.9 Å². The first-order chi connectivity index (χ1) is 8.66. The third-order valence-electron chi connectivity index (χ3n) is 3.39. The van der Waals surface area contributed by atoms with Gasteiger partial charge in [-0.3, -0.25) is 4.79 Å². The Balaban J connectivity index is 1.88. The number of rotatable bonds is 4. The van der Waals surface area contributed by atoms with Gasteiger partial charge in [0.1, 0.15) is 5.82 Å². The lowest BCUT2D eigenvalue weighted by Gasteiger charge is -2.16. The van der Waals surface area contributed by atoms with E-state index in [9.17, 15) is 9.18 Å². The Morgan fingerprint density at radius 3 is 3.00 bits per heavy atom. The van der Waals surface area contributed by atoms with Crippen LogP contribution in [0.4, 0.5) is 4.39 Å². The van der Waals surface area contributed by atoms with Gasteiger partial charge in [0, 0.05) is 12.0 Å². The molecule has 3 nitrogen and oxygen atoms in total. The molecule has 4 heteroatoms. The highest BCUT2D eigenvalue weighted by Crippen LogP contribution is 2.17. The summed E-state index contributed by atoms with van der Waals surface area (Å²) in [7, 11) is 0. The molecule has 1 aliphatic rings. The van der Waals surface area contributed by atoms with Crippen molar-refractivity contribution in [2.75, 3.05) is 13.1 Å². The molecule has 0 aliphatic carbocycles. The molecule has 0 spiro atoms. The van der Waals surface area contributed by atoms with Gasteiger partial charge in [-0.25, -0.2) is 4.39 Å². The first-order valence-corrected chi connectivity index (χ1v) is 6.41. The third-order valence-corrected chi connectivity index (χ3v) is 3.39. The Bertz CT molecular complexity index is 416. The number of hydrogen-bond acceptors (Lipinski definition) is 2. The molecule has 1 aromatic carbocycles. The standard InChI is InChI=1S/C14H19FN2O/c1-10(12-4-2-3-5-13(12)15)17-14(18)8-11-6-7-16-9-11/h2-5,10-11,16H,6-9H2,1H3,(H,17,18). The SMILES string of the molecule is CC(NC(=O)CC1CCNC1)c1ccccc1F. The highest BCUT2D eigenvalue weighted by Gasteiger charge is 2.19. The number of halogens is 1. The van der Waals surface area contributed by atoms with Crippen molar-refractivity contribution in [3.05, 3.63) is 35.6 Å². The maximum absolute atomic E-state index is 13.5. The van der Waals surface area contributed by atoms with E-state index < -0.39 is 0 Å². The van der Waals surface area contributed by atoms with Crippen molar-refractivity contribution < 1.29 is 9.18 Å². The number of hydrogen-bond donors (Lipinski definition) is 2. The second-order valence-corrected chi connectivity index (χ2v) is 4.87. The van der Waals surface area contributed by atoms with Crippen LogP contribution in [0.1, 0.15) is 31.4 Å². The molecule has 98 valence electrons. The fraction of sp³-hybridized carbons (Fsp3) is 0.500. The number of benzene rings is 1. The molecular formula is C14H19FN2O. The fourth-order valence-electron chi connectivity index (χ4n) is 2.36. The second kappa shape index (κ2) is 5.96. The summed E-state index contributed by atoms with van der Waals surface area (Å²) in [6, 6.07) is 6.27. The van der Waals surface area contributed by atoms with E-state index in [1.165, 1.54) is 6.07 Å². The zero-order chi connectivity index (χ0) is 13.0. The molecule has 0 radical (unpaired) electrons. The normalized spacial score (nSPS) is 20.7. The van der Waals surface area contributed by atoms with Crippen LogP contribution in [0.3, 0.4) is 0 Å². The van der Waals surface area contributed by atoms with Crippen LogP contribution in [0.25, 0.3) is 0 Å². The summed E-state index contributed by atoms with van der Waals surface area (Å²) in [6.45, 7) is 3.70. The number of amides is 1. The molecular weight excluding hydrogens is 231 g/mol. The van der Waals surface area contributed by atoms with Gasteiger partial charge in [-0.2, -0.15) is 0 Å². The minimum absolute atomic E-state index is 0.000506. The molecule has 2 rings (SSSR count). The topological polar surface area (TPSA) is 41.1 Å². The van der Waals surface area contributed by atoms with Crippen molar-refractivity contribution in [3.8, 4) is 0 Å². The van der Waals surface area contributed by atoms with E-state index in [0.717, 1.165) is 19.5 Å². The first kappa shape index (κ1) is 13.0. The van der Waals surface area contributed by atoms with Crippen molar-refractivity contribution in [2.24, 2.45) is 5.92 Å². The van der Waals surface area contributed by atoms with E-state index in [2.05, 4.69) is 10.6 Å². The Kier molecular flexibility index (Phi) is 4.31. The zero-order valence-electron chi connectivity index (χ0n) is 10.6. The average Bonchev–Trinajstić information content (AvgIpc) is 2.82. The Morgan fingerprint density at radius 2 is 2.33 bits per heavy atom. The van der Waals surface area contributed by atoms with Crippen molar-refractivity contribution in [3.63, 3.8) is 0 Å². The molecule has 1 fully saturated rings. The third kappa shape index (κ3) is 3.29. The lowest BCUT2D eigenvalue weighted by molar-refractivity contribution is -0.122. The number of carbonyl (C=O) groups is 1. The predicted octanol–water partition coefficient (Wildman–Crippen LogP) is 2.00. The molecule has 1 heterocycles. The lowest BCUT2D eigenvalue weighted by atomic mass is 10.0. The molecule has 1 saturated heterocycles. The summed E-state index contributed by atoms with van der Waals surface area (Å²) in [5.74, 6) is 0.144. The van der Waals surface area contributed by atoms with Crippen LogP contribution in [0.15, 0.2) is 24.3 Å². The highest BCUT2D eigenvalue weighted by atomic mass is 19.1. The van der Waals surface area contributed by atoms with Crippen LogP contribution in [-0.2, 0) is 4.79 Å². The second-order valence-electron chi connectivity index (χ2n) is 4.87. The van der Waals surface area contributed by atoms with Gasteiger partial charge in [-0.15, -0.1) is 0 Å². The van der Waals surface area contributed by atoms with Crippen LogP contribution in [0, 0.1) is 11.7 Å². The quantitative estimate of drug-likeness (QED) is 0.858. The Labute approximate surface area is 107 Å². The molecule has 2 unspecified atom stereocenters. The van der Waals surface area contributed by atoms with Gasteiger partial charge in [-0.1, -0.05) is 18.2 Å². The maximum atomic E-state index is 13.5. The van der Waals surface area contributed by atoms with Gasteiger partial charge in [0.05, 0.1) is 6.04 Å². The van der Waals surface area contributed by atoms with Gasteiger partial charge < -0.3 is 10.6 Å². The largest absolute Gasteiger partial charge is 0.349 e. The van der Waals surface area contributed by atoms with E-state index in [-0.39, 0.29) is 17.8 Å². The van der Waals surface area contributed by atoms with Crippen LogP contribution >= 0.6 is 0 Å². The lowest BCUT2D eigenvalue weighted by Crippen LogP contribution is -2.29. The number of carbonyl (C=O) groups excluding carboxylic acids is 1. The molecule has 1 amide bonds. The highest BCUT2D eigenvalue weighted by molar-refractivity contribution is 5.76. The van der Waals surface area contributed by atoms with Gasteiger partial charge >= 0.3 is 0 Å². The molecule has 0 bridgehead atoms. The molecule has 1 aromatic rings. The molecule has 2 N–H and O–H groups in total. The van der Waals surface area contributed by atoms with Gasteiger partial charge in [-0.05, 0) is 38.4 Å². The van der Waals surface area contributed by atoms with Crippen LogP contribution in [-0.4, -0.2) is 19.0 Å². The van der Waals surface area contributed by atoms with E-state index >= 15 is 0 Å². The van der Waals surface area contributed by atoms with E-state index in [1.54, 1.807) is 18.2 Å². The van der Waals surface area contributed by atoms with E-state index in [1.807, 2.05) is 6.92 Å². The van der Waals surface area contributed by atoms with Crippen molar-refractivity contribution in [1.29, 1.82) is 0 Å². The average molecular weight is 250 g/mol. The number of nitrogens with one attached hydrogen (secondary N) is 2. The minimum atomic E-state index is -0.284. The monoisotopic (exact) mass is 250 g/mol. The maximum Gasteiger partial charge on any atom is 0.220 e. The van der Waals surface area contributed by atoms with Crippen molar-refractivity contribution in [1.82, 2.24) is 10.6 Å². The Morgan fingerprint density at radius 1 is 1.56 bits per heavy atom. The van der Waals surface area contributed by atoms with Gasteiger partial charge in [0.2, 0.25) is 5.91 Å². The van der Waals surface area contributed by atoms with Crippen LogP contribution in [0.2, 0.25) is 0 Å². The van der Waals surface area contributed by atoms with E-state index in [4.69, 9.17) is 0 Å². The summed E-state index contributed by atoms with van der Waals surface area (Å²) in [5, 5.41) is 6.09. The summed E-state index contributed by atoms with van der Waals surface area (Å²) >= 11 is 0. The molecule has 18 heavy (non-hydrogen) atoms. The molecule has 1 aliphatic heterocycles. The summed E-state index contributed by atoms with van der Waals surface area (Å²) < 4.78 is 13.5. The van der Waals surface area contributed by atoms with Crippen LogP contribution < -0.4 is 10.6 Å². The Hall–Kier alpha value is -1.42. The minimum Gasteiger partial charge on any atom is -0.349 e. The molecule has 0 saturated carbocycles. The summed E-state index contributed by atoms with van der Waals surface area (Å²) in [6.07, 6.45) is 1.56. The summed E-state index contributed by atoms with van der Waals surface area (Å²) in [5.41, 5.74) is 0.537. The molecule has 0 aromatic heterocycles.